The largest absolute Gasteiger partial charge is 0.523 e. The van der Waals surface area contributed by atoms with E-state index in [0.717, 1.165) is 49.4 Å². The first-order valence-electron chi connectivity index (χ1n) is 10.4. The molecule has 9 nitrogen and oxygen atoms in total. The van der Waals surface area contributed by atoms with Gasteiger partial charge in [-0.15, -0.1) is 23.4 Å². The summed E-state index contributed by atoms with van der Waals surface area (Å²) in [6, 6.07) is 0.141. The maximum Gasteiger partial charge on any atom is 0.523 e. The topological polar surface area (TPSA) is 131 Å². The number of alkyl halides is 3. The molecule has 0 radical (unpaired) electrons. The third kappa shape index (κ3) is 7.73. The lowest BCUT2D eigenvalue weighted by Gasteiger charge is -2.33. The molecule has 1 unspecified atom stereocenters. The average Bonchev–Trinajstić information content (AvgIpc) is 3.20. The lowest BCUT2D eigenvalue weighted by atomic mass is 10.0. The van der Waals surface area contributed by atoms with E-state index in [1.165, 1.54) is 6.20 Å². The minimum Gasteiger partial charge on any atom is -0.405 e. The molecule has 3 rings (SSSR count). The van der Waals surface area contributed by atoms with Crippen LogP contribution in [0.15, 0.2) is 47.7 Å². The Hall–Kier alpha value is -3.13. The zero-order valence-corrected chi connectivity index (χ0v) is 18.8. The Morgan fingerprint density at radius 3 is 2.68 bits per heavy atom. The Kier molecular flexibility index (Phi) is 8.50. The average molecular weight is 504 g/mol. The second-order valence-electron chi connectivity index (χ2n) is 7.60. The number of likely N-dealkylation sites (tertiary alicyclic amines) is 1. The summed E-state index contributed by atoms with van der Waals surface area (Å²) in [5.74, 6) is -0.748. The first-order valence-corrected chi connectivity index (χ1v) is 11.2. The van der Waals surface area contributed by atoms with Gasteiger partial charge in [0.15, 0.2) is 0 Å². The molecule has 0 spiro atoms. The van der Waals surface area contributed by atoms with Crippen LogP contribution in [0, 0.1) is 0 Å². The van der Waals surface area contributed by atoms with E-state index in [4.69, 9.17) is 11.5 Å². The van der Waals surface area contributed by atoms with E-state index >= 15 is 0 Å². The third-order valence-electron chi connectivity index (χ3n) is 5.10. The number of hydrogen-bond acceptors (Lipinski definition) is 9. The van der Waals surface area contributed by atoms with Gasteiger partial charge in [0.25, 0.3) is 0 Å². The number of amides is 1. The second kappa shape index (κ2) is 11.3. The lowest BCUT2D eigenvalue weighted by Crippen LogP contribution is -2.40. The smallest absolute Gasteiger partial charge is 0.405 e. The van der Waals surface area contributed by atoms with Crippen LogP contribution in [-0.2, 0) is 9.53 Å². The fourth-order valence-electron chi connectivity index (χ4n) is 3.50. The first-order chi connectivity index (χ1) is 16.1. The van der Waals surface area contributed by atoms with Crippen molar-refractivity contribution in [1.29, 1.82) is 0 Å². The zero-order valence-electron chi connectivity index (χ0n) is 18.0. The van der Waals surface area contributed by atoms with Gasteiger partial charge in [-0.25, -0.2) is 4.39 Å². The van der Waals surface area contributed by atoms with Crippen LogP contribution < -0.4 is 22.1 Å². The number of rotatable bonds is 8. The van der Waals surface area contributed by atoms with Crippen molar-refractivity contribution >= 4 is 27.5 Å². The van der Waals surface area contributed by atoms with Gasteiger partial charge in [0.05, 0.1) is 18.3 Å². The molecule has 14 heteroatoms. The Balaban J connectivity index is 1.48. The van der Waals surface area contributed by atoms with Crippen molar-refractivity contribution in [1.82, 2.24) is 15.1 Å². The number of halogens is 4. The molecule has 0 saturated carbocycles. The highest BCUT2D eigenvalue weighted by molar-refractivity contribution is 7.19. The van der Waals surface area contributed by atoms with Crippen LogP contribution in [0.3, 0.4) is 0 Å². The van der Waals surface area contributed by atoms with Gasteiger partial charge < -0.3 is 27.0 Å². The van der Waals surface area contributed by atoms with E-state index < -0.39 is 30.6 Å². The summed E-state index contributed by atoms with van der Waals surface area (Å²) in [5, 5.41) is 14.3. The van der Waals surface area contributed by atoms with Crippen LogP contribution in [0.4, 0.5) is 27.8 Å². The normalized spacial score (nSPS) is 20.3. The van der Waals surface area contributed by atoms with Crippen molar-refractivity contribution in [3.05, 3.63) is 47.7 Å². The number of piperidine rings is 1. The number of carbonyl (C=O) groups is 1. The molecular weight excluding hydrogens is 478 g/mol. The van der Waals surface area contributed by atoms with Crippen molar-refractivity contribution < 1.29 is 27.1 Å². The standard InChI is InChI=1S/C20H25F4N7O2S/c21-15-4-3-14(33-20(22,23)24)10-12(15)11-17(32)28-19-30-29-18(34-19)27-13-5-8-31(9-6-13)16(26)2-1-7-25/h1-2,4,7,10,13-14H,3,5-6,8-9,11,25-26H2,(H,27,29)(H,28,30,32)/b7-1-,16-2+. The summed E-state index contributed by atoms with van der Waals surface area (Å²) >= 11 is 1.11. The highest BCUT2D eigenvalue weighted by Crippen LogP contribution is 2.29. The quantitative estimate of drug-likeness (QED) is 0.314. The van der Waals surface area contributed by atoms with Crippen LogP contribution >= 0.6 is 11.3 Å². The minimum absolute atomic E-state index is 0.141. The van der Waals surface area contributed by atoms with Gasteiger partial charge in [-0.2, -0.15) is 0 Å². The van der Waals surface area contributed by atoms with Crippen LogP contribution in [0.1, 0.15) is 25.7 Å². The van der Waals surface area contributed by atoms with Crippen LogP contribution in [0.5, 0.6) is 0 Å². The Bertz CT molecular complexity index is 982. The number of nitrogens with one attached hydrogen (secondary N) is 2. The van der Waals surface area contributed by atoms with Gasteiger partial charge in [-0.3, -0.25) is 9.53 Å². The van der Waals surface area contributed by atoms with E-state index in [0.29, 0.717) is 11.0 Å². The van der Waals surface area contributed by atoms with Gasteiger partial charge >= 0.3 is 6.36 Å². The molecule has 1 aliphatic carbocycles. The molecule has 34 heavy (non-hydrogen) atoms. The fraction of sp³-hybridized carbons (Fsp3) is 0.450. The Labute approximate surface area is 197 Å². The number of nitrogens with two attached hydrogens (primary N) is 2. The molecule has 2 aliphatic rings. The molecule has 6 N–H and O–H groups in total. The highest BCUT2D eigenvalue weighted by Gasteiger charge is 2.34. The lowest BCUT2D eigenvalue weighted by molar-refractivity contribution is -0.336. The fourth-order valence-corrected chi connectivity index (χ4v) is 4.24. The maximum atomic E-state index is 14.0. The summed E-state index contributed by atoms with van der Waals surface area (Å²) in [4.78, 5) is 14.3. The number of allylic oxidation sites excluding steroid dienone is 3. The Morgan fingerprint density at radius 2 is 2.00 bits per heavy atom. The van der Waals surface area contributed by atoms with Crippen molar-refractivity contribution in [2.24, 2.45) is 11.5 Å². The number of ether oxygens (including phenoxy) is 1. The van der Waals surface area contributed by atoms with Crippen molar-refractivity contribution in [3.63, 3.8) is 0 Å². The minimum atomic E-state index is -4.85. The maximum absolute atomic E-state index is 14.0. The Morgan fingerprint density at radius 1 is 1.29 bits per heavy atom. The summed E-state index contributed by atoms with van der Waals surface area (Å²) in [7, 11) is 0. The molecule has 2 heterocycles. The van der Waals surface area contributed by atoms with Crippen LogP contribution in [-0.4, -0.2) is 52.6 Å². The van der Waals surface area contributed by atoms with Gasteiger partial charge in [0.2, 0.25) is 16.2 Å². The monoisotopic (exact) mass is 503 g/mol. The molecule has 1 amide bonds. The number of carbonyl (C=O) groups excluding carboxylic acids is 1. The summed E-state index contributed by atoms with van der Waals surface area (Å²) in [6.45, 7) is 1.49. The molecule has 0 bridgehead atoms. The molecule has 1 aliphatic heterocycles. The van der Waals surface area contributed by atoms with E-state index in [1.807, 2.05) is 4.90 Å². The molecular formula is C20H25F4N7O2S. The van der Waals surface area contributed by atoms with Crippen LogP contribution in [0.2, 0.25) is 0 Å². The number of hydrogen-bond donors (Lipinski definition) is 4. The SMILES string of the molecule is N/C=C\C=C(/N)N1CCC(Nc2nnc(NC(=O)CC3=CC(OC(F)(F)F)CC=C3F)s2)CC1. The molecule has 1 aromatic heterocycles. The highest BCUT2D eigenvalue weighted by atomic mass is 32.1. The predicted molar refractivity (Wildman–Crippen MR) is 120 cm³/mol. The van der Waals surface area contributed by atoms with Crippen molar-refractivity contribution in [3.8, 4) is 0 Å². The van der Waals surface area contributed by atoms with Gasteiger partial charge in [-0.1, -0.05) is 11.3 Å². The van der Waals surface area contributed by atoms with Gasteiger partial charge in [0.1, 0.15) is 5.83 Å². The summed E-state index contributed by atoms with van der Waals surface area (Å²) in [5.41, 5.74) is 11.1. The zero-order chi connectivity index (χ0) is 24.7. The molecule has 1 aromatic rings. The van der Waals surface area contributed by atoms with Gasteiger partial charge in [0, 0.05) is 19.1 Å². The molecule has 1 atom stereocenters. The second-order valence-corrected chi connectivity index (χ2v) is 8.58. The summed E-state index contributed by atoms with van der Waals surface area (Å²) in [6.07, 6.45) is 1.40. The van der Waals surface area contributed by atoms with E-state index in [9.17, 15) is 22.4 Å². The van der Waals surface area contributed by atoms with E-state index in [2.05, 4.69) is 25.6 Å². The van der Waals surface area contributed by atoms with Gasteiger partial charge in [-0.05, 0) is 55.3 Å². The molecule has 0 aromatic carbocycles. The number of aromatic nitrogens is 2. The number of anilines is 2. The first kappa shape index (κ1) is 25.5. The predicted octanol–water partition coefficient (Wildman–Crippen LogP) is 3.10. The van der Waals surface area contributed by atoms with E-state index in [1.54, 1.807) is 12.2 Å². The molecule has 186 valence electrons. The number of nitrogens with zero attached hydrogens (tertiary/aromatic N) is 3. The summed E-state index contributed by atoms with van der Waals surface area (Å²) < 4.78 is 55.1. The van der Waals surface area contributed by atoms with E-state index in [-0.39, 0.29) is 23.2 Å². The molecule has 1 fully saturated rings. The third-order valence-corrected chi connectivity index (χ3v) is 5.87. The molecule has 1 saturated heterocycles. The van der Waals surface area contributed by atoms with Crippen LogP contribution in [0.25, 0.3) is 0 Å². The van der Waals surface area contributed by atoms with Crippen molar-refractivity contribution in [2.75, 3.05) is 23.7 Å². The van der Waals surface area contributed by atoms with Crippen molar-refractivity contribution in [2.45, 2.75) is 44.2 Å².